The molecule has 0 amide bonds. The van der Waals surface area contributed by atoms with Crippen LogP contribution in [-0.2, 0) is 4.57 Å². The second-order valence-corrected chi connectivity index (χ2v) is 0. The third kappa shape index (κ3) is 15900. The summed E-state index contributed by atoms with van der Waals surface area (Å²) in [5.41, 5.74) is 0. The topological polar surface area (TPSA) is 17.1 Å². The van der Waals surface area contributed by atoms with E-state index in [4.69, 9.17) is 5.84 Å². The Morgan fingerprint density at radius 3 is 0.875 bits per heavy atom. The van der Waals surface area contributed by atoms with Crippen LogP contribution in [0.2, 0.25) is 0 Å². The third-order valence-corrected chi connectivity index (χ3v) is 0. The Bertz CT molecular complexity index is 20.5. The molecule has 0 saturated carbocycles. The predicted molar refractivity (Wildman–Crippen MR) is 49.4 cm³/mol. The molecule has 0 aliphatic carbocycles. The van der Waals surface area contributed by atoms with Gasteiger partial charge in [-0.3, -0.25) is 4.57 Å². The fourth-order valence-corrected chi connectivity index (χ4v) is 0. The molecule has 0 N–H and O–H groups in total. The number of rotatable bonds is 0. The van der Waals surface area contributed by atoms with Gasteiger partial charge < -0.3 is 0 Å². The van der Waals surface area contributed by atoms with Crippen LogP contribution in [-0.4, -0.2) is 1.28 Å². The summed E-state index contributed by atoms with van der Waals surface area (Å²) in [6.07, 6.45) is 0. The van der Waals surface area contributed by atoms with Crippen LogP contribution in [0.5, 0.6) is 0 Å². The Kier molecular flexibility index (Phi) is 306000. The van der Waals surface area contributed by atoms with E-state index in [0.29, 0.717) is 0 Å². The molecule has 0 aromatic heterocycles. The van der Waals surface area contributed by atoms with Crippen molar-refractivity contribution in [3.8, 4) is 0 Å². The van der Waals surface area contributed by atoms with E-state index < -0.39 is 9.06 Å². The van der Waals surface area contributed by atoms with Crippen molar-refractivity contribution in [3.05, 3.63) is 0 Å². The molecule has 0 aromatic rings. The predicted octanol–water partition coefficient (Wildman–Crippen LogP) is 4.29. The van der Waals surface area contributed by atoms with E-state index >= 15 is 0 Å². The van der Waals surface area contributed by atoms with Crippen molar-refractivity contribution < 1.29 is 4.57 Å². The van der Waals surface area contributed by atoms with Crippen molar-refractivity contribution in [1.82, 2.24) is 0 Å². The molecule has 0 rings (SSSR count). The average molecular weight is 146 g/mol. The largest absolute Gasteiger partial charge is 0.279 e. The molecule has 0 radical (unpaired) electrons. The SMILES string of the molecule is C.C.C.C.C.C.[3H]P=O. The maximum atomic E-state index is 8.57. The van der Waals surface area contributed by atoms with Crippen molar-refractivity contribution in [1.29, 1.82) is 1.28 Å². The third-order valence-electron chi connectivity index (χ3n) is 0. The van der Waals surface area contributed by atoms with Gasteiger partial charge in [0.2, 0.25) is 0 Å². The highest BCUT2D eigenvalue weighted by Gasteiger charge is 0.667. The van der Waals surface area contributed by atoms with Gasteiger partial charge in [-0.25, -0.2) is 0 Å². The molecule has 0 aromatic carbocycles. The lowest BCUT2D eigenvalue weighted by molar-refractivity contribution is 0.607. The van der Waals surface area contributed by atoms with Crippen LogP contribution in [0.4, 0.5) is 0 Å². The van der Waals surface area contributed by atoms with Crippen LogP contribution in [0.25, 0.3) is 0 Å². The minimum atomic E-state index is -0.583. The molecule has 0 aliphatic rings. The van der Waals surface area contributed by atoms with Gasteiger partial charge in [-0.05, 0) is 0 Å². The molecular formula is C6H25OP. The minimum Gasteiger partial charge on any atom is -0.279 e. The maximum Gasteiger partial charge on any atom is 0.140 e. The van der Waals surface area contributed by atoms with Crippen LogP contribution >= 0.6 is 9.06 Å². The molecule has 2 heteroatoms. The molecule has 8 heavy (non-hydrogen) atoms. The molecule has 0 fully saturated rings. The van der Waals surface area contributed by atoms with Gasteiger partial charge in [-0.2, -0.15) is 0 Å². The van der Waals surface area contributed by atoms with Gasteiger partial charge in [0.1, 0.15) is 10.3 Å². The van der Waals surface area contributed by atoms with Crippen molar-refractivity contribution in [3.63, 3.8) is 0 Å². The van der Waals surface area contributed by atoms with Crippen molar-refractivity contribution >= 4 is 9.06 Å². The van der Waals surface area contributed by atoms with Gasteiger partial charge in [0.15, 0.2) is 0 Å². The zero-order valence-electron chi connectivity index (χ0n) is 1.86. The van der Waals surface area contributed by atoms with Gasteiger partial charge in [0, 0.05) is 0 Å². The molecule has 60 valence electrons. The standard InChI is InChI=1S/6CH4.HOP/c;;;;;;1-2/h6*1H4;2H/i;;;;;;2T. The summed E-state index contributed by atoms with van der Waals surface area (Å²) in [5, 5.41) is 0. The molecule has 0 heterocycles. The van der Waals surface area contributed by atoms with Crippen LogP contribution in [0.1, 0.15) is 44.6 Å². The quantitative estimate of drug-likeness (QED) is 0.466. The summed E-state index contributed by atoms with van der Waals surface area (Å²) in [6, 6.07) is 0. The summed E-state index contributed by atoms with van der Waals surface area (Å²) >= 11 is 0. The highest BCUT2D eigenvalue weighted by molar-refractivity contribution is 7.00. The van der Waals surface area contributed by atoms with Gasteiger partial charge >= 0.3 is 0 Å². The van der Waals surface area contributed by atoms with E-state index in [1.54, 1.807) is 0 Å². The summed E-state index contributed by atoms with van der Waals surface area (Å²) in [5.74, 6) is 0. The number of hydrogen-bond acceptors (Lipinski definition) is 1. The van der Waals surface area contributed by atoms with Crippen molar-refractivity contribution in [2.45, 2.75) is 44.6 Å². The maximum absolute atomic E-state index is 8.57. The molecule has 0 aliphatic heterocycles. The second-order valence-electron chi connectivity index (χ2n) is 0. The Labute approximate surface area is 60.4 Å². The normalized spacial score (nSPS) is 2.75. The van der Waals surface area contributed by atoms with E-state index in [0.717, 1.165) is 0 Å². The molecule has 0 bridgehead atoms. The lowest BCUT2D eigenvalue weighted by Crippen LogP contribution is -0.489. The highest BCUT2D eigenvalue weighted by atomic mass is 31.0. The minimum absolute atomic E-state index is 0. The van der Waals surface area contributed by atoms with Crippen LogP contribution in [0.15, 0.2) is 0 Å². The fourth-order valence-electron chi connectivity index (χ4n) is 0. The summed E-state index contributed by atoms with van der Waals surface area (Å²) < 4.78 is 14.2. The Morgan fingerprint density at radius 2 is 0.875 bits per heavy atom. The zero-order valence-corrected chi connectivity index (χ0v) is 1.75. The molecule has 0 atom stereocenters. The first-order valence-corrected chi connectivity index (χ1v) is 0.548. The van der Waals surface area contributed by atoms with E-state index in [-0.39, 0.29) is 44.6 Å². The van der Waals surface area contributed by atoms with Crippen LogP contribution in [0, 0.1) is 0 Å². The van der Waals surface area contributed by atoms with E-state index in [2.05, 4.69) is 0 Å². The van der Waals surface area contributed by atoms with Gasteiger partial charge in [-0.1, -0.05) is 44.6 Å². The zero-order chi connectivity index (χ0) is 2.71. The second kappa shape index (κ2) is 26400. The van der Waals surface area contributed by atoms with Crippen molar-refractivity contribution in [2.75, 3.05) is 0 Å². The monoisotopic (exact) mass is 146 g/mol. The molecule has 1 nitrogen and oxygen atoms in total. The molecule has 0 unspecified atom stereocenters. The highest BCUT2D eigenvalue weighted by Crippen LogP contribution is 1.23. The lowest BCUT2D eigenvalue weighted by atomic mass is 12.0. The Hall–Kier alpha value is 0.100. The Morgan fingerprint density at radius 1 is 0.875 bits per heavy atom. The smallest absolute Gasteiger partial charge is 0.140 e. The molecule has 0 spiro atoms. The molecule has 0 saturated heterocycles. The lowest BCUT2D eigenvalue weighted by Gasteiger charge is -0.807. The van der Waals surface area contributed by atoms with Crippen LogP contribution in [0.3, 0.4) is 0 Å². The summed E-state index contributed by atoms with van der Waals surface area (Å²) in [4.78, 5) is 0. The first-order chi connectivity index (χ1) is 1.41. The summed E-state index contributed by atoms with van der Waals surface area (Å²) in [6.45, 7) is 0. The van der Waals surface area contributed by atoms with Crippen molar-refractivity contribution in [2.24, 2.45) is 0 Å². The van der Waals surface area contributed by atoms with E-state index in [9.17, 15) is 0 Å². The number of hydrogen-bond donors (Lipinski definition) is 0. The summed E-state index contributed by atoms with van der Waals surface area (Å²) in [7, 11) is -0.583. The van der Waals surface area contributed by atoms with Gasteiger partial charge in [-0.15, -0.1) is 0 Å². The van der Waals surface area contributed by atoms with Crippen LogP contribution < -0.4 is 0 Å². The van der Waals surface area contributed by atoms with Gasteiger partial charge in [0.25, 0.3) is 0 Å². The molecular weight excluding hydrogens is 119 g/mol. The Balaban J connectivity index is -0.00000000133. The average Bonchev–Trinajstić information content (AvgIpc) is 0.918. The van der Waals surface area contributed by atoms with E-state index in [1.165, 1.54) is 0 Å². The fraction of sp³-hybridized carbons (Fsp3) is 1.00. The van der Waals surface area contributed by atoms with E-state index in [1.807, 2.05) is 0 Å². The van der Waals surface area contributed by atoms with Gasteiger partial charge in [0.05, 0.1) is 0 Å². The first kappa shape index (κ1) is 92.6. The first-order valence-electron chi connectivity index (χ1n) is 0.630.